The number of hydrogen-bond donors (Lipinski definition) is 1. The number of ether oxygens (including phenoxy) is 4. The predicted molar refractivity (Wildman–Crippen MR) is 276 cm³/mol. The minimum absolute atomic E-state index is 0.180. The fourth-order valence-electron chi connectivity index (χ4n) is 6.62. The van der Waals surface area contributed by atoms with E-state index in [1.165, 1.54) is 44.9 Å². The average Bonchev–Trinajstić information content (AvgIpc) is 3.28. The van der Waals surface area contributed by atoms with Crippen LogP contribution in [-0.4, -0.2) is 87.4 Å². The van der Waals surface area contributed by atoms with Gasteiger partial charge in [0.05, 0.1) is 34.4 Å². The van der Waals surface area contributed by atoms with Crippen molar-refractivity contribution in [3.05, 3.63) is 97.2 Å². The first-order valence-electron chi connectivity index (χ1n) is 25.9. The molecule has 0 amide bonds. The van der Waals surface area contributed by atoms with Gasteiger partial charge in [0.2, 0.25) is 0 Å². The van der Waals surface area contributed by atoms with Crippen LogP contribution in [-0.2, 0) is 33.3 Å². The molecule has 0 aliphatic heterocycles. The average molecular weight is 923 g/mol. The molecule has 0 saturated carbocycles. The Morgan fingerprint density at radius 3 is 1.29 bits per heavy atom. The maximum absolute atomic E-state index is 12.8. The minimum Gasteiger partial charge on any atom is -0.477 e. The van der Waals surface area contributed by atoms with E-state index < -0.39 is 24.3 Å². The van der Waals surface area contributed by atoms with Crippen LogP contribution in [0.1, 0.15) is 187 Å². The highest BCUT2D eigenvalue weighted by atomic mass is 16.7. The van der Waals surface area contributed by atoms with Gasteiger partial charge in [-0.2, -0.15) is 0 Å². The molecule has 0 spiro atoms. The van der Waals surface area contributed by atoms with E-state index in [1.807, 2.05) is 21.1 Å². The number of likely N-dealkylation sites (N-methyl/N-ethyl adjacent to an activating group) is 1. The van der Waals surface area contributed by atoms with Crippen LogP contribution in [0.15, 0.2) is 97.2 Å². The van der Waals surface area contributed by atoms with Gasteiger partial charge in [-0.25, -0.2) is 4.79 Å². The van der Waals surface area contributed by atoms with Crippen molar-refractivity contribution in [2.24, 2.45) is 0 Å². The fourth-order valence-corrected chi connectivity index (χ4v) is 6.62. The molecule has 0 aromatic rings. The van der Waals surface area contributed by atoms with Crippen LogP contribution in [0.3, 0.4) is 0 Å². The van der Waals surface area contributed by atoms with Gasteiger partial charge < -0.3 is 28.5 Å². The molecule has 9 nitrogen and oxygen atoms in total. The number of carbonyl (C=O) groups is 3. The number of esters is 2. The molecule has 0 fully saturated rings. The summed E-state index contributed by atoms with van der Waals surface area (Å²) in [6.45, 7) is 4.71. The molecule has 376 valence electrons. The van der Waals surface area contributed by atoms with Gasteiger partial charge in [0.15, 0.2) is 6.10 Å². The SMILES string of the molecule is CC/C=C\C/C=C\C/C=C\C/C=C\C/C=C\C/C=C\C/C=C\C/C=C\CCCCCCCCC(=O)OC(COC(=O)CCCCCCCCCCCC)COC(OCC[N+](C)(C)C)C(=O)O. The molecular formula is C57H96NO8+. The summed E-state index contributed by atoms with van der Waals surface area (Å²) in [4.78, 5) is 37.1. The second kappa shape index (κ2) is 47.7. The van der Waals surface area contributed by atoms with Crippen molar-refractivity contribution >= 4 is 17.9 Å². The zero-order valence-corrected chi connectivity index (χ0v) is 42.6. The summed E-state index contributed by atoms with van der Waals surface area (Å²) in [5, 5.41) is 9.65. The van der Waals surface area contributed by atoms with Crippen molar-refractivity contribution in [3.8, 4) is 0 Å². The molecule has 0 aromatic carbocycles. The van der Waals surface area contributed by atoms with Crippen molar-refractivity contribution in [2.45, 2.75) is 200 Å². The van der Waals surface area contributed by atoms with Gasteiger partial charge in [-0.05, 0) is 77.0 Å². The van der Waals surface area contributed by atoms with E-state index in [0.29, 0.717) is 23.9 Å². The number of nitrogens with zero attached hydrogens (tertiary/aromatic N) is 1. The highest BCUT2D eigenvalue weighted by Gasteiger charge is 2.25. The van der Waals surface area contributed by atoms with E-state index in [9.17, 15) is 19.5 Å². The third-order valence-corrected chi connectivity index (χ3v) is 10.6. The second-order valence-corrected chi connectivity index (χ2v) is 18.1. The van der Waals surface area contributed by atoms with Gasteiger partial charge in [0.25, 0.3) is 6.29 Å². The van der Waals surface area contributed by atoms with Crippen LogP contribution in [0.2, 0.25) is 0 Å². The predicted octanol–water partition coefficient (Wildman–Crippen LogP) is 14.6. The van der Waals surface area contributed by atoms with Crippen molar-refractivity contribution in [3.63, 3.8) is 0 Å². The van der Waals surface area contributed by atoms with E-state index in [1.54, 1.807) is 0 Å². The molecule has 1 N–H and O–H groups in total. The molecule has 9 heteroatoms. The number of carbonyl (C=O) groups excluding carboxylic acids is 2. The lowest BCUT2D eigenvalue weighted by Crippen LogP contribution is -2.40. The lowest BCUT2D eigenvalue weighted by Gasteiger charge is -2.25. The van der Waals surface area contributed by atoms with Crippen LogP contribution in [0, 0.1) is 0 Å². The molecule has 0 aliphatic rings. The van der Waals surface area contributed by atoms with Crippen molar-refractivity contribution in [1.82, 2.24) is 0 Å². The van der Waals surface area contributed by atoms with Crippen LogP contribution < -0.4 is 0 Å². The van der Waals surface area contributed by atoms with Crippen LogP contribution >= 0.6 is 0 Å². The molecule has 66 heavy (non-hydrogen) atoms. The second-order valence-electron chi connectivity index (χ2n) is 18.1. The molecule has 0 rings (SSSR count). The molecule has 2 atom stereocenters. The summed E-state index contributed by atoms with van der Waals surface area (Å²) in [6, 6.07) is 0. The maximum atomic E-state index is 12.8. The number of carboxylic acids is 1. The zero-order chi connectivity index (χ0) is 48.4. The van der Waals surface area contributed by atoms with Crippen LogP contribution in [0.25, 0.3) is 0 Å². The maximum Gasteiger partial charge on any atom is 0.361 e. The van der Waals surface area contributed by atoms with Crippen molar-refractivity contribution in [1.29, 1.82) is 0 Å². The van der Waals surface area contributed by atoms with E-state index in [0.717, 1.165) is 109 Å². The topological polar surface area (TPSA) is 108 Å². The van der Waals surface area contributed by atoms with Gasteiger partial charge in [0, 0.05) is 12.8 Å². The van der Waals surface area contributed by atoms with Gasteiger partial charge in [-0.15, -0.1) is 0 Å². The first-order chi connectivity index (χ1) is 32.1. The molecule has 0 heterocycles. The van der Waals surface area contributed by atoms with E-state index in [2.05, 4.69) is 111 Å². The lowest BCUT2D eigenvalue weighted by atomic mass is 10.1. The molecule has 0 bridgehead atoms. The summed E-state index contributed by atoms with van der Waals surface area (Å²) >= 11 is 0. The number of hydrogen-bond acceptors (Lipinski definition) is 7. The fraction of sp³-hybridized carbons (Fsp3) is 0.667. The summed E-state index contributed by atoms with van der Waals surface area (Å²) < 4.78 is 22.7. The Morgan fingerprint density at radius 1 is 0.470 bits per heavy atom. The molecule has 2 unspecified atom stereocenters. The minimum atomic E-state index is -1.52. The van der Waals surface area contributed by atoms with Crippen LogP contribution in [0.5, 0.6) is 0 Å². The first kappa shape index (κ1) is 62.2. The lowest BCUT2D eigenvalue weighted by molar-refractivity contribution is -0.870. The quantitative estimate of drug-likeness (QED) is 0.0211. The molecule has 0 aromatic heterocycles. The molecular weight excluding hydrogens is 827 g/mol. The van der Waals surface area contributed by atoms with Crippen LogP contribution in [0.4, 0.5) is 0 Å². The van der Waals surface area contributed by atoms with Gasteiger partial charge in [-0.1, -0.05) is 195 Å². The summed E-state index contributed by atoms with van der Waals surface area (Å²) in [7, 11) is 5.94. The van der Waals surface area contributed by atoms with Crippen molar-refractivity contribution < 1.29 is 42.9 Å². The Hall–Kier alpha value is -3.79. The smallest absolute Gasteiger partial charge is 0.361 e. The molecule has 0 aliphatic carbocycles. The number of aliphatic carboxylic acids is 1. The summed E-state index contributed by atoms with van der Waals surface area (Å²) in [5.74, 6) is -2.04. The highest BCUT2D eigenvalue weighted by molar-refractivity contribution is 5.71. The standard InChI is InChI=1S/C57H95NO8/c1-6-8-10-12-14-16-18-19-20-21-22-23-24-25-26-27-28-29-30-31-32-33-34-35-36-37-38-40-42-44-46-48-55(60)66-53(52-65-57(56(61)62)63-50-49-58(3,4)5)51-64-54(59)47-45-43-41-39-17-15-13-11-9-7-2/h8,10,14,16,19-20,22-23,25-26,28-29,31-32,34-35,53,57H,6-7,9,11-13,15,17-18,21,24,27,30,33,36-52H2,1-5H3/p+1/b10-8-,16-14-,20-19-,23-22-,26-25-,29-28-,32-31-,35-34-. The number of quaternary nitrogens is 1. The van der Waals surface area contributed by atoms with Gasteiger partial charge >= 0.3 is 17.9 Å². The Morgan fingerprint density at radius 2 is 0.864 bits per heavy atom. The van der Waals surface area contributed by atoms with Crippen molar-refractivity contribution in [2.75, 3.05) is 47.5 Å². The highest BCUT2D eigenvalue weighted by Crippen LogP contribution is 2.14. The van der Waals surface area contributed by atoms with E-state index in [4.69, 9.17) is 18.9 Å². The Bertz CT molecular complexity index is 1400. The Balaban J connectivity index is 4.28. The number of unbranched alkanes of at least 4 members (excludes halogenated alkanes) is 15. The number of rotatable bonds is 46. The number of allylic oxidation sites excluding steroid dienone is 16. The molecule has 0 radical (unpaired) electrons. The largest absolute Gasteiger partial charge is 0.477 e. The Kier molecular flexibility index (Phi) is 45.0. The third kappa shape index (κ3) is 48.2. The first-order valence-corrected chi connectivity index (χ1v) is 25.9. The Labute approximate surface area is 403 Å². The summed E-state index contributed by atoms with van der Waals surface area (Å²) in [5.41, 5.74) is 0. The normalized spacial score (nSPS) is 13.7. The van der Waals surface area contributed by atoms with E-state index >= 15 is 0 Å². The van der Waals surface area contributed by atoms with Gasteiger partial charge in [0.1, 0.15) is 13.2 Å². The van der Waals surface area contributed by atoms with E-state index in [-0.39, 0.29) is 32.2 Å². The third-order valence-electron chi connectivity index (χ3n) is 10.6. The monoisotopic (exact) mass is 923 g/mol. The summed E-state index contributed by atoms with van der Waals surface area (Å²) in [6.07, 6.45) is 60.5. The number of carboxylic acid groups (broad SMARTS) is 1. The zero-order valence-electron chi connectivity index (χ0n) is 42.6. The molecule has 0 saturated heterocycles. The van der Waals surface area contributed by atoms with Gasteiger partial charge in [-0.3, -0.25) is 9.59 Å².